The van der Waals surface area contributed by atoms with E-state index in [1.165, 1.54) is 6.66 Å². The molecule has 0 aliphatic carbocycles. The number of methoxy groups -OCH3 is 1. The Labute approximate surface area is 80.2 Å². The van der Waals surface area contributed by atoms with Gasteiger partial charge in [0.1, 0.15) is 20.6 Å². The topological polar surface area (TPSA) is 44.8 Å². The molecule has 0 aromatic rings. The van der Waals surface area contributed by atoms with E-state index in [9.17, 15) is 4.57 Å². The van der Waals surface area contributed by atoms with Gasteiger partial charge in [0.2, 0.25) is 0 Å². The molecule has 72 valence electrons. The van der Waals surface area contributed by atoms with Crippen molar-refractivity contribution in [2.75, 3.05) is 20.4 Å². The fourth-order valence-electron chi connectivity index (χ4n) is 1.32. The zero-order valence-electron chi connectivity index (χ0n) is 7.80. The lowest BCUT2D eigenvalue weighted by Crippen LogP contribution is -2.27. The van der Waals surface area contributed by atoms with Gasteiger partial charge in [0.25, 0.3) is 0 Å². The number of rotatable bonds is 4. The summed E-state index contributed by atoms with van der Waals surface area (Å²) < 4.78 is 26.1. The number of hydrogen-bond donors (Lipinski definition) is 0. The first kappa shape index (κ1) is 11.1. The van der Waals surface area contributed by atoms with Crippen molar-refractivity contribution < 1.29 is 18.6 Å². The van der Waals surface area contributed by atoms with E-state index in [2.05, 4.69) is 0 Å². The van der Waals surface area contributed by atoms with Crippen LogP contribution in [0.4, 0.5) is 0 Å². The van der Waals surface area contributed by atoms with Crippen LogP contribution in [0.1, 0.15) is 6.42 Å². The molecule has 4 atom stereocenters. The molecule has 1 heterocycles. The van der Waals surface area contributed by atoms with Crippen LogP contribution in [0.15, 0.2) is 0 Å². The molecule has 0 bridgehead atoms. The van der Waals surface area contributed by atoms with E-state index in [-0.39, 0.29) is 24.8 Å². The highest BCUT2D eigenvalue weighted by Gasteiger charge is 2.34. The second-order valence-corrected chi connectivity index (χ2v) is 4.10. The van der Waals surface area contributed by atoms with Crippen LogP contribution in [0.25, 0.3) is 0 Å². The fraction of sp³-hybridized carbons (Fsp3) is 1.00. The predicted octanol–water partition coefficient (Wildman–Crippen LogP) is 0.674. The normalized spacial score (nSPS) is 34.9. The van der Waals surface area contributed by atoms with E-state index in [4.69, 9.17) is 21.8 Å². The molecule has 1 rings (SSSR count). The molecule has 1 aliphatic heterocycles. The highest BCUT2D eigenvalue weighted by molar-refractivity contribution is 7.38. The van der Waals surface area contributed by atoms with Gasteiger partial charge < -0.3 is 9.47 Å². The van der Waals surface area contributed by atoms with Gasteiger partial charge in [0.15, 0.2) is 6.66 Å². The smallest absolute Gasteiger partial charge is 0.379 e. The van der Waals surface area contributed by atoms with Crippen molar-refractivity contribution in [1.82, 2.24) is 0 Å². The Kier molecular flexibility index (Phi) is 4.33. The number of ether oxygens (including phenoxy) is 2. The maximum Gasteiger partial charge on any atom is 0.504 e. The van der Waals surface area contributed by atoms with Crippen molar-refractivity contribution in [3.8, 4) is 0 Å². The summed E-state index contributed by atoms with van der Waals surface area (Å²) in [5.41, 5.74) is 0. The van der Waals surface area contributed by atoms with Crippen LogP contribution in [0.3, 0.4) is 0 Å². The Morgan fingerprint density at radius 1 is 1.69 bits per heavy atom. The lowest BCUT2D eigenvalue weighted by molar-refractivity contribution is -0.0131. The van der Waals surface area contributed by atoms with Crippen molar-refractivity contribution >= 4 is 15.9 Å². The molecule has 0 N–H and O–H groups in total. The van der Waals surface area contributed by atoms with E-state index in [0.717, 1.165) is 0 Å². The van der Waals surface area contributed by atoms with Crippen LogP contribution in [-0.2, 0) is 18.6 Å². The largest absolute Gasteiger partial charge is 0.504 e. The van der Waals surface area contributed by atoms with E-state index in [0.29, 0.717) is 6.42 Å². The van der Waals surface area contributed by atoms with Gasteiger partial charge >= 0.3 is 8.03 Å². The third-order valence-corrected chi connectivity index (χ3v) is 2.46. The third-order valence-electron chi connectivity index (χ3n) is 1.95. The second kappa shape index (κ2) is 5.06. The molecule has 1 aliphatic rings. The summed E-state index contributed by atoms with van der Waals surface area (Å²) in [4.78, 5) is 0. The minimum atomic E-state index is -1.58. The van der Waals surface area contributed by atoms with Gasteiger partial charge in [-0.05, 0) is 11.0 Å². The monoisotopic (exact) mass is 203 g/mol. The van der Waals surface area contributed by atoms with Crippen LogP contribution in [0.2, 0.25) is 0 Å². The first-order valence-electron chi connectivity index (χ1n) is 4.11. The zero-order chi connectivity index (χ0) is 9.84. The average molecular weight is 203 g/mol. The molecule has 4 nitrogen and oxygen atoms in total. The van der Waals surface area contributed by atoms with E-state index in [1.54, 1.807) is 7.11 Å². The van der Waals surface area contributed by atoms with E-state index >= 15 is 0 Å². The summed E-state index contributed by atoms with van der Waals surface area (Å²) in [5, 5.41) is 0. The molecule has 1 fully saturated rings. The quantitative estimate of drug-likeness (QED) is 0.497. The highest BCUT2D eigenvalue weighted by Crippen LogP contribution is 2.24. The third kappa shape index (κ3) is 3.35. The molecule has 0 aromatic heterocycles. The van der Waals surface area contributed by atoms with Gasteiger partial charge in [0.05, 0.1) is 6.10 Å². The van der Waals surface area contributed by atoms with E-state index < -0.39 is 8.03 Å². The van der Waals surface area contributed by atoms with Crippen LogP contribution in [0, 0.1) is 0 Å². The van der Waals surface area contributed by atoms with Crippen molar-refractivity contribution in [2.45, 2.75) is 24.6 Å². The Morgan fingerprint density at radius 3 is 2.92 bits per heavy atom. The molecule has 2 radical (unpaired) electrons. The molecule has 0 saturated carbocycles. The van der Waals surface area contributed by atoms with Crippen molar-refractivity contribution in [3.63, 3.8) is 0 Å². The predicted molar refractivity (Wildman–Crippen MR) is 49.3 cm³/mol. The molecule has 1 saturated heterocycles. The van der Waals surface area contributed by atoms with Gasteiger partial charge in [-0.3, -0.25) is 0 Å². The number of hydrogen-bond acceptors (Lipinski definition) is 4. The summed E-state index contributed by atoms with van der Waals surface area (Å²) in [6.07, 6.45) is 0.411. The van der Waals surface area contributed by atoms with Crippen LogP contribution in [-0.4, -0.2) is 46.4 Å². The molecule has 4 unspecified atom stereocenters. The summed E-state index contributed by atoms with van der Waals surface area (Å²) in [6, 6.07) is -0.298. The average Bonchev–Trinajstić information content (AvgIpc) is 2.42. The molecular formula is C7H13BO4P+. The molecule has 0 spiro atoms. The lowest BCUT2D eigenvalue weighted by Gasteiger charge is -2.13. The van der Waals surface area contributed by atoms with Gasteiger partial charge in [-0.25, -0.2) is 0 Å². The Balaban J connectivity index is 2.35. The first-order valence-corrected chi connectivity index (χ1v) is 5.73. The van der Waals surface area contributed by atoms with Gasteiger partial charge in [-0.1, -0.05) is 0 Å². The zero-order valence-corrected chi connectivity index (χ0v) is 8.70. The summed E-state index contributed by atoms with van der Waals surface area (Å²) in [5.74, 6) is 0. The summed E-state index contributed by atoms with van der Waals surface area (Å²) >= 11 is 0. The SMILES string of the molecule is [B]C1CC(OC)C(CO[P+](C)=O)O1. The molecule has 6 heteroatoms. The molecule has 0 amide bonds. The van der Waals surface area contributed by atoms with Crippen molar-refractivity contribution in [2.24, 2.45) is 0 Å². The highest BCUT2D eigenvalue weighted by atomic mass is 31.1. The standard InChI is InChI=1S/C7H13BO4P/c1-10-5-3-7(8)12-6(5)4-11-13(2)9/h5-7H,3-4H2,1-2H3/q+1. The maximum absolute atomic E-state index is 10.7. The first-order chi connectivity index (χ1) is 6.13. The Bertz CT molecular complexity index is 189. The van der Waals surface area contributed by atoms with Crippen LogP contribution in [0.5, 0.6) is 0 Å². The minimum absolute atomic E-state index is 0.0510. The van der Waals surface area contributed by atoms with Crippen molar-refractivity contribution in [1.29, 1.82) is 0 Å². The van der Waals surface area contributed by atoms with Crippen LogP contribution >= 0.6 is 8.03 Å². The minimum Gasteiger partial charge on any atom is -0.379 e. The van der Waals surface area contributed by atoms with Crippen molar-refractivity contribution in [3.05, 3.63) is 0 Å². The Morgan fingerprint density at radius 2 is 2.38 bits per heavy atom. The maximum atomic E-state index is 10.7. The van der Waals surface area contributed by atoms with Gasteiger partial charge in [0, 0.05) is 13.1 Å². The van der Waals surface area contributed by atoms with Gasteiger partial charge in [-0.2, -0.15) is 0 Å². The molecular weight excluding hydrogens is 190 g/mol. The summed E-state index contributed by atoms with van der Waals surface area (Å²) in [6.45, 7) is 1.78. The van der Waals surface area contributed by atoms with E-state index in [1.807, 2.05) is 0 Å². The van der Waals surface area contributed by atoms with Gasteiger partial charge in [-0.15, -0.1) is 4.52 Å². The fourth-order valence-corrected chi connectivity index (χ4v) is 1.68. The Hall–Kier alpha value is 0.0449. The van der Waals surface area contributed by atoms with Crippen LogP contribution < -0.4 is 0 Å². The second-order valence-electron chi connectivity index (χ2n) is 2.96. The molecule has 0 aromatic carbocycles. The summed E-state index contributed by atoms with van der Waals surface area (Å²) in [7, 11) is 5.59. The lowest BCUT2D eigenvalue weighted by atomic mass is 9.96. The molecule has 13 heavy (non-hydrogen) atoms.